The lowest BCUT2D eigenvalue weighted by Gasteiger charge is -2.30. The van der Waals surface area contributed by atoms with Crippen molar-refractivity contribution in [1.82, 2.24) is 0 Å². The van der Waals surface area contributed by atoms with Crippen LogP contribution in [0.3, 0.4) is 0 Å². The van der Waals surface area contributed by atoms with Crippen molar-refractivity contribution in [3.8, 4) is 0 Å². The molecule has 4 atom stereocenters. The Balaban J connectivity index is 0.000000561. The van der Waals surface area contributed by atoms with E-state index >= 15 is 0 Å². The molecule has 0 aromatic heterocycles. The highest BCUT2D eigenvalue weighted by atomic mass is 14.3. The zero-order valence-corrected chi connectivity index (χ0v) is 28.2. The molecule has 0 bridgehead atoms. The lowest BCUT2D eigenvalue weighted by Crippen LogP contribution is -2.16. The van der Waals surface area contributed by atoms with Gasteiger partial charge in [0.2, 0.25) is 0 Å². The highest BCUT2D eigenvalue weighted by Crippen LogP contribution is 2.37. The predicted octanol–water partition coefficient (Wildman–Crippen LogP) is 13.6. The van der Waals surface area contributed by atoms with Crippen LogP contribution in [0, 0.1) is 35.5 Å². The van der Waals surface area contributed by atoms with E-state index in [0.29, 0.717) is 5.92 Å². The van der Waals surface area contributed by atoms with Crippen molar-refractivity contribution in [3.63, 3.8) is 0 Å². The highest BCUT2D eigenvalue weighted by molar-refractivity contribution is 5.42. The minimum atomic E-state index is 0.648. The van der Waals surface area contributed by atoms with Crippen molar-refractivity contribution in [2.45, 2.75) is 158 Å². The largest absolute Gasteiger partial charge is 0.102 e. The summed E-state index contributed by atoms with van der Waals surface area (Å²) in [6.45, 7) is 18.7. The summed E-state index contributed by atoms with van der Waals surface area (Å²) in [5, 5.41) is 0. The van der Waals surface area contributed by atoms with Gasteiger partial charge in [-0.25, -0.2) is 0 Å². The van der Waals surface area contributed by atoms with Gasteiger partial charge in [0.15, 0.2) is 0 Å². The molecule has 2 saturated carbocycles. The molecule has 0 aromatic carbocycles. The van der Waals surface area contributed by atoms with Crippen LogP contribution in [0.1, 0.15) is 158 Å². The fraction of sp³-hybridized carbons (Fsp3) is 0.750. The van der Waals surface area contributed by atoms with Crippen LogP contribution < -0.4 is 0 Å². The number of allylic oxidation sites excluding steroid dienone is 9. The minimum Gasteiger partial charge on any atom is -0.102 e. The molecule has 230 valence electrons. The predicted molar refractivity (Wildman–Crippen MR) is 184 cm³/mol. The van der Waals surface area contributed by atoms with Gasteiger partial charge in [0.05, 0.1) is 0 Å². The Morgan fingerprint density at radius 1 is 0.825 bits per heavy atom. The monoisotopic (exact) mass is 551 g/mol. The molecule has 0 N–H and O–H groups in total. The van der Waals surface area contributed by atoms with Gasteiger partial charge in [0, 0.05) is 0 Å². The Labute approximate surface area is 253 Å². The quantitative estimate of drug-likeness (QED) is 0.250. The molecule has 4 unspecified atom stereocenters. The SMILES string of the molecule is C=CC1C=CCC1C.CC.CC.CC/C=C1/C=CCC/C1=C/CCC1CCCC(CCCC2CCC(C)CC2)C1. The van der Waals surface area contributed by atoms with Gasteiger partial charge in [-0.1, -0.05) is 155 Å². The Bertz CT molecular complexity index is 738. The first-order valence-electron chi connectivity index (χ1n) is 17.9. The van der Waals surface area contributed by atoms with Crippen molar-refractivity contribution in [2.75, 3.05) is 0 Å². The molecule has 0 aliphatic heterocycles. The number of hydrogen-bond acceptors (Lipinski definition) is 0. The molecule has 0 heterocycles. The lowest BCUT2D eigenvalue weighted by atomic mass is 9.76. The zero-order chi connectivity index (χ0) is 29.6. The van der Waals surface area contributed by atoms with E-state index in [1.807, 2.05) is 33.8 Å². The number of rotatable bonds is 9. The van der Waals surface area contributed by atoms with Gasteiger partial charge in [0.1, 0.15) is 0 Å². The van der Waals surface area contributed by atoms with E-state index in [-0.39, 0.29) is 0 Å². The average Bonchev–Trinajstić information content (AvgIpc) is 3.42. The normalized spacial score (nSPS) is 31.4. The Kier molecular flexibility index (Phi) is 21.4. The van der Waals surface area contributed by atoms with E-state index in [1.165, 1.54) is 108 Å². The van der Waals surface area contributed by atoms with Gasteiger partial charge in [0.25, 0.3) is 0 Å². The number of hydrogen-bond donors (Lipinski definition) is 0. The average molecular weight is 551 g/mol. The van der Waals surface area contributed by atoms with E-state index in [1.54, 1.807) is 5.57 Å². The summed E-state index contributed by atoms with van der Waals surface area (Å²) < 4.78 is 0. The molecule has 0 nitrogen and oxygen atoms in total. The van der Waals surface area contributed by atoms with Crippen LogP contribution in [-0.4, -0.2) is 0 Å². The molecule has 0 saturated heterocycles. The molecule has 4 aliphatic rings. The van der Waals surface area contributed by atoms with Gasteiger partial charge in [-0.2, -0.15) is 0 Å². The van der Waals surface area contributed by atoms with Crippen molar-refractivity contribution in [2.24, 2.45) is 35.5 Å². The molecule has 0 amide bonds. The van der Waals surface area contributed by atoms with Crippen LogP contribution in [0.15, 0.2) is 60.3 Å². The van der Waals surface area contributed by atoms with Gasteiger partial charge < -0.3 is 0 Å². The topological polar surface area (TPSA) is 0 Å². The Hall–Kier alpha value is -1.30. The molecule has 40 heavy (non-hydrogen) atoms. The van der Waals surface area contributed by atoms with Crippen molar-refractivity contribution in [1.29, 1.82) is 0 Å². The van der Waals surface area contributed by atoms with Gasteiger partial charge in [-0.05, 0) is 91.6 Å². The summed E-state index contributed by atoms with van der Waals surface area (Å²) in [6, 6.07) is 0. The Morgan fingerprint density at radius 2 is 1.50 bits per heavy atom. The first kappa shape index (κ1) is 36.7. The summed E-state index contributed by atoms with van der Waals surface area (Å²) >= 11 is 0. The molecular weight excluding hydrogens is 480 g/mol. The summed E-state index contributed by atoms with van der Waals surface area (Å²) in [4.78, 5) is 0. The first-order valence-corrected chi connectivity index (χ1v) is 17.9. The van der Waals surface area contributed by atoms with Crippen molar-refractivity contribution < 1.29 is 0 Å². The maximum atomic E-state index is 3.74. The molecule has 0 aromatic rings. The summed E-state index contributed by atoms with van der Waals surface area (Å²) in [7, 11) is 0. The van der Waals surface area contributed by atoms with Gasteiger partial charge >= 0.3 is 0 Å². The fourth-order valence-electron chi connectivity index (χ4n) is 7.18. The fourth-order valence-corrected chi connectivity index (χ4v) is 7.18. The van der Waals surface area contributed by atoms with Crippen molar-refractivity contribution in [3.05, 3.63) is 60.3 Å². The molecule has 0 heteroatoms. The van der Waals surface area contributed by atoms with E-state index in [0.717, 1.165) is 36.0 Å². The van der Waals surface area contributed by atoms with Crippen LogP contribution in [0.5, 0.6) is 0 Å². The second-order valence-electron chi connectivity index (χ2n) is 12.7. The van der Waals surface area contributed by atoms with E-state index in [2.05, 4.69) is 63.8 Å². The molecule has 4 rings (SSSR count). The highest BCUT2D eigenvalue weighted by Gasteiger charge is 2.23. The molecular formula is C40H70. The molecule has 2 fully saturated rings. The zero-order valence-electron chi connectivity index (χ0n) is 28.2. The third-order valence-corrected chi connectivity index (χ3v) is 9.69. The molecule has 4 aliphatic carbocycles. The molecule has 0 radical (unpaired) electrons. The lowest BCUT2D eigenvalue weighted by molar-refractivity contribution is 0.225. The van der Waals surface area contributed by atoms with Crippen LogP contribution in [-0.2, 0) is 0 Å². The minimum absolute atomic E-state index is 0.648. The summed E-state index contributed by atoms with van der Waals surface area (Å²) in [5.74, 6) is 5.56. The maximum Gasteiger partial charge on any atom is -0.00276 e. The van der Waals surface area contributed by atoms with Crippen molar-refractivity contribution >= 4 is 0 Å². The van der Waals surface area contributed by atoms with E-state index in [9.17, 15) is 0 Å². The van der Waals surface area contributed by atoms with E-state index < -0.39 is 0 Å². The van der Waals surface area contributed by atoms with Crippen LogP contribution >= 0.6 is 0 Å². The van der Waals surface area contributed by atoms with Crippen LogP contribution in [0.4, 0.5) is 0 Å². The standard InChI is InChI=1S/C28H46.C8H12.2C2H6/c1-3-9-27-15-4-5-16-28(27)17-8-14-26-13-7-12-25(22-26)11-6-10-24-20-18-23(2)19-21-24;1-3-8-6-4-5-7(8)2;2*1-2/h4,9,15,17,23-26H,3,5-8,10-14,16,18-22H2,1-2H3;3-4,6-8H,1,5H2,2H3;2*1-2H3/b27-9-,28-17-;;;. The summed E-state index contributed by atoms with van der Waals surface area (Å²) in [6.07, 6.45) is 40.4. The second kappa shape index (κ2) is 23.3. The van der Waals surface area contributed by atoms with E-state index in [4.69, 9.17) is 0 Å². The smallest absolute Gasteiger partial charge is 0.00276 e. The maximum absolute atomic E-state index is 3.74. The third kappa shape index (κ3) is 14.5. The van der Waals surface area contributed by atoms with Crippen LogP contribution in [0.25, 0.3) is 0 Å². The molecule has 0 spiro atoms. The summed E-state index contributed by atoms with van der Waals surface area (Å²) in [5.41, 5.74) is 3.13. The Morgan fingerprint density at radius 3 is 2.10 bits per heavy atom. The third-order valence-electron chi connectivity index (χ3n) is 9.69. The van der Waals surface area contributed by atoms with Gasteiger partial charge in [-0.15, -0.1) is 6.58 Å². The van der Waals surface area contributed by atoms with Gasteiger partial charge in [-0.3, -0.25) is 0 Å². The second-order valence-corrected chi connectivity index (χ2v) is 12.7. The first-order chi connectivity index (χ1) is 19.6. The van der Waals surface area contributed by atoms with Crippen LogP contribution in [0.2, 0.25) is 0 Å².